The number of nitrogens with zero attached hydrogens (tertiary/aromatic N) is 1. The van der Waals surface area contributed by atoms with E-state index in [0.717, 1.165) is 18.4 Å². The van der Waals surface area contributed by atoms with Crippen molar-refractivity contribution in [2.45, 2.75) is 89.9 Å². The molecule has 1 amide bonds. The first-order valence-corrected chi connectivity index (χ1v) is 13.9. The number of carbonyl (C=O) groups excluding carboxylic acids is 2. The van der Waals surface area contributed by atoms with E-state index in [2.05, 4.69) is 15.6 Å². The van der Waals surface area contributed by atoms with Crippen LogP contribution in [0.2, 0.25) is 0 Å². The minimum absolute atomic E-state index is 0.0565. The lowest BCUT2D eigenvalue weighted by Gasteiger charge is -2.31. The standard InChI is InChI=1S/C30H44N4O5/c1-30(2,3)38-20-26(29(36)37-4)34-27(35)16-15-25(21-11-7-5-8-12-21)32-18-22-17-28(33-19-24(22)31)39-23-13-9-6-10-14-23/h6,9-10,13-14,17,19,21,25-26,32H,5,7-8,11-12,15-16,18,20,31H2,1-4H3,(H,34,35)/t25-,26?/m0/s1. The van der Waals surface area contributed by atoms with Crippen LogP contribution in [-0.2, 0) is 25.6 Å². The SMILES string of the molecule is COC(=O)C(COC(C)(C)C)NC(=O)CC[C@H](NCc1cc(Oc2ccccc2)ncc1N)C1CCCCC1. The summed E-state index contributed by atoms with van der Waals surface area (Å²) in [6, 6.07) is 10.6. The summed E-state index contributed by atoms with van der Waals surface area (Å²) in [6.07, 6.45) is 8.41. The van der Waals surface area contributed by atoms with E-state index in [1.807, 2.05) is 57.2 Å². The van der Waals surface area contributed by atoms with Gasteiger partial charge in [-0.1, -0.05) is 37.5 Å². The molecule has 0 radical (unpaired) electrons. The van der Waals surface area contributed by atoms with E-state index in [0.29, 0.717) is 36.2 Å². The molecular weight excluding hydrogens is 496 g/mol. The van der Waals surface area contributed by atoms with Gasteiger partial charge < -0.3 is 30.6 Å². The first-order valence-electron chi connectivity index (χ1n) is 13.9. The van der Waals surface area contributed by atoms with Crippen LogP contribution >= 0.6 is 0 Å². The van der Waals surface area contributed by atoms with Gasteiger partial charge in [0.15, 0.2) is 6.04 Å². The van der Waals surface area contributed by atoms with Crippen molar-refractivity contribution in [1.82, 2.24) is 15.6 Å². The first-order chi connectivity index (χ1) is 18.6. The maximum absolute atomic E-state index is 12.9. The highest BCUT2D eigenvalue weighted by Gasteiger charge is 2.27. The van der Waals surface area contributed by atoms with Crippen LogP contribution in [0.4, 0.5) is 5.69 Å². The number of ether oxygens (including phenoxy) is 3. The maximum atomic E-state index is 12.9. The Bertz CT molecular complexity index is 1050. The molecule has 0 aliphatic heterocycles. The van der Waals surface area contributed by atoms with E-state index in [1.165, 1.54) is 26.4 Å². The Morgan fingerprint density at radius 3 is 2.51 bits per heavy atom. The fraction of sp³-hybridized carbons (Fsp3) is 0.567. The number of pyridine rings is 1. The molecular formula is C30H44N4O5. The number of para-hydroxylation sites is 1. The number of esters is 1. The molecule has 1 aromatic carbocycles. The molecule has 1 aliphatic rings. The zero-order chi connectivity index (χ0) is 28.3. The summed E-state index contributed by atoms with van der Waals surface area (Å²) in [5.41, 5.74) is 7.29. The van der Waals surface area contributed by atoms with Crippen molar-refractivity contribution < 1.29 is 23.8 Å². The molecule has 1 unspecified atom stereocenters. The number of benzene rings is 1. The number of hydrogen-bond donors (Lipinski definition) is 3. The highest BCUT2D eigenvalue weighted by atomic mass is 16.5. The smallest absolute Gasteiger partial charge is 0.330 e. The monoisotopic (exact) mass is 540 g/mol. The topological polar surface area (TPSA) is 125 Å². The zero-order valence-electron chi connectivity index (χ0n) is 23.7. The minimum Gasteiger partial charge on any atom is -0.467 e. The van der Waals surface area contributed by atoms with Crippen LogP contribution in [0, 0.1) is 5.92 Å². The van der Waals surface area contributed by atoms with Gasteiger partial charge >= 0.3 is 5.97 Å². The predicted octanol–water partition coefficient (Wildman–Crippen LogP) is 4.75. The quantitative estimate of drug-likeness (QED) is 0.311. The highest BCUT2D eigenvalue weighted by Crippen LogP contribution is 2.29. The van der Waals surface area contributed by atoms with Gasteiger partial charge in [0.25, 0.3) is 0 Å². The van der Waals surface area contributed by atoms with E-state index < -0.39 is 17.6 Å². The number of carbonyl (C=O) groups is 2. The fourth-order valence-corrected chi connectivity index (χ4v) is 4.78. The van der Waals surface area contributed by atoms with Gasteiger partial charge in [-0.3, -0.25) is 4.79 Å². The number of hydrogen-bond acceptors (Lipinski definition) is 8. The lowest BCUT2D eigenvalue weighted by molar-refractivity contribution is -0.148. The molecule has 1 heterocycles. The normalized spacial score (nSPS) is 15.8. The molecule has 1 fully saturated rings. The van der Waals surface area contributed by atoms with Crippen LogP contribution in [0.1, 0.15) is 71.3 Å². The molecule has 1 saturated carbocycles. The molecule has 214 valence electrons. The second kappa shape index (κ2) is 14.8. The van der Waals surface area contributed by atoms with E-state index in [-0.39, 0.29) is 25.0 Å². The van der Waals surface area contributed by atoms with Crippen LogP contribution in [0.15, 0.2) is 42.6 Å². The summed E-state index contributed by atoms with van der Waals surface area (Å²) in [6.45, 7) is 6.29. The molecule has 39 heavy (non-hydrogen) atoms. The van der Waals surface area contributed by atoms with Crippen LogP contribution in [-0.4, -0.2) is 48.3 Å². The molecule has 2 aromatic rings. The first kappa shape index (κ1) is 30.4. The Hall–Kier alpha value is -3.17. The molecule has 1 aliphatic carbocycles. The lowest BCUT2D eigenvalue weighted by Crippen LogP contribution is -2.46. The summed E-state index contributed by atoms with van der Waals surface area (Å²) < 4.78 is 16.5. The lowest BCUT2D eigenvalue weighted by atomic mass is 9.82. The second-order valence-corrected chi connectivity index (χ2v) is 11.1. The van der Waals surface area contributed by atoms with Gasteiger partial charge in [0.2, 0.25) is 11.8 Å². The zero-order valence-corrected chi connectivity index (χ0v) is 23.7. The summed E-state index contributed by atoms with van der Waals surface area (Å²) in [5.74, 6) is 0.934. The van der Waals surface area contributed by atoms with Crippen LogP contribution in [0.3, 0.4) is 0 Å². The number of rotatable bonds is 13. The third-order valence-corrected chi connectivity index (χ3v) is 6.92. The Morgan fingerprint density at radius 2 is 1.85 bits per heavy atom. The van der Waals surface area contributed by atoms with E-state index in [9.17, 15) is 9.59 Å². The molecule has 0 spiro atoms. The molecule has 1 aromatic heterocycles. The number of nitrogen functional groups attached to an aromatic ring is 1. The van der Waals surface area contributed by atoms with Gasteiger partial charge in [-0.2, -0.15) is 0 Å². The largest absolute Gasteiger partial charge is 0.467 e. The third kappa shape index (κ3) is 10.5. The van der Waals surface area contributed by atoms with E-state index in [4.69, 9.17) is 19.9 Å². The average Bonchev–Trinajstić information content (AvgIpc) is 2.92. The fourth-order valence-electron chi connectivity index (χ4n) is 4.78. The number of amides is 1. The van der Waals surface area contributed by atoms with Crippen molar-refractivity contribution >= 4 is 17.6 Å². The van der Waals surface area contributed by atoms with Gasteiger partial charge in [-0.05, 0) is 63.6 Å². The highest BCUT2D eigenvalue weighted by molar-refractivity contribution is 5.84. The molecule has 9 nitrogen and oxygen atoms in total. The number of nitrogens with two attached hydrogens (primary N) is 1. The molecule has 0 saturated heterocycles. The molecule has 3 rings (SSSR count). The van der Waals surface area contributed by atoms with Crippen LogP contribution in [0.5, 0.6) is 11.6 Å². The Labute approximate surface area is 232 Å². The van der Waals surface area contributed by atoms with Crippen molar-refractivity contribution in [2.75, 3.05) is 19.5 Å². The predicted molar refractivity (Wildman–Crippen MR) is 151 cm³/mol. The van der Waals surface area contributed by atoms with Gasteiger partial charge in [-0.15, -0.1) is 0 Å². The number of methoxy groups -OCH3 is 1. The number of nitrogens with one attached hydrogen (secondary N) is 2. The van der Waals surface area contributed by atoms with Crippen LogP contribution in [0.25, 0.3) is 0 Å². The summed E-state index contributed by atoms with van der Waals surface area (Å²) in [7, 11) is 1.31. The molecule has 0 bridgehead atoms. The Morgan fingerprint density at radius 1 is 1.13 bits per heavy atom. The minimum atomic E-state index is -0.845. The van der Waals surface area contributed by atoms with E-state index >= 15 is 0 Å². The third-order valence-electron chi connectivity index (χ3n) is 6.92. The van der Waals surface area contributed by atoms with Crippen molar-refractivity contribution in [2.24, 2.45) is 5.92 Å². The Balaban J connectivity index is 1.62. The summed E-state index contributed by atoms with van der Waals surface area (Å²) in [5, 5.41) is 6.47. The van der Waals surface area contributed by atoms with Crippen molar-refractivity contribution in [1.29, 1.82) is 0 Å². The van der Waals surface area contributed by atoms with Crippen molar-refractivity contribution in [3.8, 4) is 11.6 Å². The number of anilines is 1. The summed E-state index contributed by atoms with van der Waals surface area (Å²) >= 11 is 0. The van der Waals surface area contributed by atoms with Gasteiger partial charge in [0.05, 0.1) is 31.2 Å². The van der Waals surface area contributed by atoms with Gasteiger partial charge in [0, 0.05) is 25.1 Å². The average molecular weight is 541 g/mol. The molecule has 2 atom stereocenters. The second-order valence-electron chi connectivity index (χ2n) is 11.1. The van der Waals surface area contributed by atoms with Crippen molar-refractivity contribution in [3.63, 3.8) is 0 Å². The summed E-state index contributed by atoms with van der Waals surface area (Å²) in [4.78, 5) is 29.4. The van der Waals surface area contributed by atoms with Crippen LogP contribution < -0.4 is 21.1 Å². The molecule has 4 N–H and O–H groups in total. The van der Waals surface area contributed by atoms with Gasteiger partial charge in [-0.25, -0.2) is 9.78 Å². The van der Waals surface area contributed by atoms with E-state index in [1.54, 1.807) is 6.20 Å². The van der Waals surface area contributed by atoms with Crippen molar-refractivity contribution in [3.05, 3.63) is 48.2 Å². The number of aromatic nitrogens is 1. The maximum Gasteiger partial charge on any atom is 0.330 e. The van der Waals surface area contributed by atoms with Gasteiger partial charge in [0.1, 0.15) is 5.75 Å². The molecule has 9 heteroatoms. The Kier molecular flexibility index (Phi) is 11.6.